The van der Waals surface area contributed by atoms with Crippen LogP contribution in [0.4, 0.5) is 5.82 Å². The van der Waals surface area contributed by atoms with Gasteiger partial charge in [-0.25, -0.2) is 0 Å². The van der Waals surface area contributed by atoms with Crippen LogP contribution in [0.25, 0.3) is 0 Å². The fourth-order valence-electron chi connectivity index (χ4n) is 2.47. The highest BCUT2D eigenvalue weighted by molar-refractivity contribution is 7.80. The third-order valence-electron chi connectivity index (χ3n) is 3.53. The predicted molar refractivity (Wildman–Crippen MR) is 90.9 cm³/mol. The van der Waals surface area contributed by atoms with Crippen LogP contribution in [0.3, 0.4) is 0 Å². The lowest BCUT2D eigenvalue weighted by atomic mass is 10.0. The van der Waals surface area contributed by atoms with Crippen molar-refractivity contribution in [2.24, 2.45) is 5.73 Å². The van der Waals surface area contributed by atoms with Crippen molar-refractivity contribution >= 4 is 23.0 Å². The van der Waals surface area contributed by atoms with Gasteiger partial charge in [0.2, 0.25) is 0 Å². The van der Waals surface area contributed by atoms with Gasteiger partial charge < -0.3 is 15.7 Å². The Bertz CT molecular complexity index is 491. The summed E-state index contributed by atoms with van der Waals surface area (Å²) in [5, 5.41) is 17.8. The molecule has 0 saturated carbocycles. The Labute approximate surface area is 132 Å². The number of thiocarbonyl (C=S) groups is 1. The zero-order chi connectivity index (χ0) is 16.0. The zero-order valence-electron chi connectivity index (χ0n) is 13.4. The molecule has 0 aliphatic rings. The number of hydrogen-bond donors (Lipinski definition) is 2. The third kappa shape index (κ3) is 4.11. The second-order valence-electron chi connectivity index (χ2n) is 5.26. The van der Waals surface area contributed by atoms with Crippen molar-refractivity contribution in [3.05, 3.63) is 16.8 Å². The zero-order valence-corrected chi connectivity index (χ0v) is 14.2. The van der Waals surface area contributed by atoms with Gasteiger partial charge >= 0.3 is 0 Å². The van der Waals surface area contributed by atoms with E-state index in [0.717, 1.165) is 35.5 Å². The van der Waals surface area contributed by atoms with Crippen molar-refractivity contribution in [1.29, 1.82) is 0 Å². The SMILES string of the molecule is CCc1nnc(N(CCCO)C(C)C)c(C(N)=S)c1CC. The maximum absolute atomic E-state index is 9.09. The smallest absolute Gasteiger partial charge is 0.162 e. The fourth-order valence-corrected chi connectivity index (χ4v) is 2.69. The Balaban J connectivity index is 3.42. The summed E-state index contributed by atoms with van der Waals surface area (Å²) in [7, 11) is 0. The Morgan fingerprint density at radius 3 is 2.38 bits per heavy atom. The first-order valence-corrected chi connectivity index (χ1v) is 7.94. The van der Waals surface area contributed by atoms with Crippen molar-refractivity contribution in [3.8, 4) is 0 Å². The molecule has 0 saturated heterocycles. The summed E-state index contributed by atoms with van der Waals surface area (Å²) in [5.41, 5.74) is 8.85. The van der Waals surface area contributed by atoms with Crippen LogP contribution in [0, 0.1) is 0 Å². The van der Waals surface area contributed by atoms with Gasteiger partial charge in [0.25, 0.3) is 0 Å². The molecule has 0 fully saturated rings. The normalized spacial score (nSPS) is 11.0. The minimum Gasteiger partial charge on any atom is -0.396 e. The van der Waals surface area contributed by atoms with Crippen LogP contribution >= 0.6 is 12.2 Å². The van der Waals surface area contributed by atoms with E-state index in [0.29, 0.717) is 18.0 Å². The maximum Gasteiger partial charge on any atom is 0.162 e. The first-order chi connectivity index (χ1) is 9.97. The molecule has 1 heterocycles. The molecule has 0 amide bonds. The molecule has 6 heteroatoms. The van der Waals surface area contributed by atoms with Gasteiger partial charge in [-0.1, -0.05) is 26.1 Å². The average Bonchev–Trinajstić information content (AvgIpc) is 2.46. The van der Waals surface area contributed by atoms with Crippen LogP contribution in [-0.2, 0) is 12.8 Å². The number of aliphatic hydroxyl groups excluding tert-OH is 1. The van der Waals surface area contributed by atoms with E-state index in [2.05, 4.69) is 42.8 Å². The van der Waals surface area contributed by atoms with Crippen molar-refractivity contribution < 1.29 is 5.11 Å². The van der Waals surface area contributed by atoms with Crippen LogP contribution in [0.15, 0.2) is 0 Å². The molecule has 1 rings (SSSR count). The molecular formula is C15H26N4OS. The molecule has 0 aliphatic heterocycles. The van der Waals surface area contributed by atoms with Crippen LogP contribution < -0.4 is 10.6 Å². The van der Waals surface area contributed by atoms with Crippen LogP contribution in [0.2, 0.25) is 0 Å². The lowest BCUT2D eigenvalue weighted by Crippen LogP contribution is -2.36. The van der Waals surface area contributed by atoms with Crippen molar-refractivity contribution in [2.75, 3.05) is 18.1 Å². The second-order valence-corrected chi connectivity index (χ2v) is 5.70. The van der Waals surface area contributed by atoms with E-state index in [4.69, 9.17) is 23.1 Å². The van der Waals surface area contributed by atoms with E-state index in [1.165, 1.54) is 0 Å². The highest BCUT2D eigenvalue weighted by Gasteiger charge is 2.22. The van der Waals surface area contributed by atoms with Crippen LogP contribution in [0.5, 0.6) is 0 Å². The molecule has 0 atom stereocenters. The largest absolute Gasteiger partial charge is 0.396 e. The standard InChI is InChI=1S/C15H26N4OS/c1-5-11-12(6-2)17-18-15(13(11)14(16)21)19(10(3)4)8-7-9-20/h10,20H,5-9H2,1-4H3,(H2,16,21). The Morgan fingerprint density at radius 2 is 1.95 bits per heavy atom. The number of aliphatic hydroxyl groups is 1. The quantitative estimate of drug-likeness (QED) is 0.714. The van der Waals surface area contributed by atoms with Gasteiger partial charge in [-0.3, -0.25) is 0 Å². The molecule has 0 aliphatic carbocycles. The molecule has 0 aromatic carbocycles. The molecule has 1 aromatic heterocycles. The Hall–Kier alpha value is -1.27. The monoisotopic (exact) mass is 310 g/mol. The van der Waals surface area contributed by atoms with Crippen molar-refractivity contribution in [2.45, 2.75) is 53.0 Å². The molecule has 0 spiro atoms. The maximum atomic E-state index is 9.09. The molecule has 0 bridgehead atoms. The molecule has 118 valence electrons. The van der Waals surface area contributed by atoms with Gasteiger partial charge in [0, 0.05) is 19.2 Å². The van der Waals surface area contributed by atoms with Gasteiger partial charge in [-0.2, -0.15) is 5.10 Å². The van der Waals surface area contributed by atoms with Gasteiger partial charge in [-0.05, 0) is 38.7 Å². The van der Waals surface area contributed by atoms with Crippen LogP contribution in [0.1, 0.15) is 50.9 Å². The van der Waals surface area contributed by atoms with E-state index < -0.39 is 0 Å². The summed E-state index contributed by atoms with van der Waals surface area (Å²) < 4.78 is 0. The average molecular weight is 310 g/mol. The molecular weight excluding hydrogens is 284 g/mol. The molecule has 0 radical (unpaired) electrons. The minimum absolute atomic E-state index is 0.146. The first kappa shape index (κ1) is 17.8. The molecule has 3 N–H and O–H groups in total. The molecule has 5 nitrogen and oxygen atoms in total. The summed E-state index contributed by atoms with van der Waals surface area (Å²) in [6.45, 7) is 9.15. The number of nitrogens with two attached hydrogens (primary N) is 1. The highest BCUT2D eigenvalue weighted by atomic mass is 32.1. The Kier molecular flexibility index (Phi) is 6.98. The van der Waals surface area contributed by atoms with Crippen molar-refractivity contribution in [1.82, 2.24) is 10.2 Å². The van der Waals surface area contributed by atoms with Gasteiger partial charge in [-0.15, -0.1) is 5.10 Å². The number of rotatable bonds is 8. The summed E-state index contributed by atoms with van der Waals surface area (Å²) >= 11 is 5.26. The lowest BCUT2D eigenvalue weighted by Gasteiger charge is -2.30. The number of nitrogens with zero attached hydrogens (tertiary/aromatic N) is 3. The van der Waals surface area contributed by atoms with Gasteiger partial charge in [0.15, 0.2) is 5.82 Å². The molecule has 21 heavy (non-hydrogen) atoms. The summed E-state index contributed by atoms with van der Waals surface area (Å²) in [4.78, 5) is 2.47. The second kappa shape index (κ2) is 8.24. The topological polar surface area (TPSA) is 75.3 Å². The first-order valence-electron chi connectivity index (χ1n) is 7.53. The lowest BCUT2D eigenvalue weighted by molar-refractivity contribution is 0.288. The number of anilines is 1. The number of aromatic nitrogens is 2. The fraction of sp³-hybridized carbons (Fsp3) is 0.667. The Morgan fingerprint density at radius 1 is 1.29 bits per heavy atom. The van der Waals surface area contributed by atoms with Gasteiger partial charge in [0.1, 0.15) is 4.99 Å². The van der Waals surface area contributed by atoms with Gasteiger partial charge in [0.05, 0.1) is 11.3 Å². The summed E-state index contributed by atoms with van der Waals surface area (Å²) in [6, 6.07) is 0.233. The van der Waals surface area contributed by atoms with Crippen LogP contribution in [-0.4, -0.2) is 39.5 Å². The van der Waals surface area contributed by atoms with E-state index in [1.807, 2.05) is 0 Å². The number of hydrogen-bond acceptors (Lipinski definition) is 5. The van der Waals surface area contributed by atoms with E-state index in [1.54, 1.807) is 0 Å². The molecule has 0 unspecified atom stereocenters. The predicted octanol–water partition coefficient (Wildman–Crippen LogP) is 1.83. The summed E-state index contributed by atoms with van der Waals surface area (Å²) in [6.07, 6.45) is 2.31. The van der Waals surface area contributed by atoms with E-state index in [9.17, 15) is 0 Å². The molecule has 1 aromatic rings. The van der Waals surface area contributed by atoms with E-state index >= 15 is 0 Å². The summed E-state index contributed by atoms with van der Waals surface area (Å²) in [5.74, 6) is 0.736. The minimum atomic E-state index is 0.146. The number of aryl methyl sites for hydroxylation is 1. The highest BCUT2D eigenvalue weighted by Crippen LogP contribution is 2.25. The van der Waals surface area contributed by atoms with E-state index in [-0.39, 0.29) is 12.6 Å². The van der Waals surface area contributed by atoms with Crippen molar-refractivity contribution in [3.63, 3.8) is 0 Å². The third-order valence-corrected chi connectivity index (χ3v) is 3.73.